The van der Waals surface area contributed by atoms with Crippen molar-refractivity contribution in [3.05, 3.63) is 17.5 Å². The Bertz CT molecular complexity index is 544. The lowest BCUT2D eigenvalue weighted by atomic mass is 10.1. The van der Waals surface area contributed by atoms with Crippen LogP contribution < -0.4 is 5.32 Å². The molecule has 0 spiro atoms. The summed E-state index contributed by atoms with van der Waals surface area (Å²) in [5, 5.41) is 19.9. The molecule has 0 aromatic carbocycles. The van der Waals surface area contributed by atoms with E-state index in [2.05, 4.69) is 46.8 Å². The molecule has 20 heavy (non-hydrogen) atoms. The SMILES string of the molecule is Cc1cc(CSc2nnnn2CCNC(C)(C)C)no1. The minimum absolute atomic E-state index is 0.0968. The average molecular weight is 296 g/mol. The Morgan fingerprint density at radius 3 is 2.85 bits per heavy atom. The van der Waals surface area contributed by atoms with Crippen LogP contribution in [0.5, 0.6) is 0 Å². The first kappa shape index (κ1) is 15.0. The summed E-state index contributed by atoms with van der Waals surface area (Å²) in [7, 11) is 0. The van der Waals surface area contributed by atoms with Crippen LogP contribution in [0.1, 0.15) is 32.2 Å². The maximum absolute atomic E-state index is 5.04. The second-order valence-electron chi connectivity index (χ2n) is 5.58. The molecule has 0 saturated heterocycles. The lowest BCUT2D eigenvalue weighted by Crippen LogP contribution is -2.38. The zero-order chi connectivity index (χ0) is 14.6. The molecule has 2 aromatic heterocycles. The molecule has 0 bridgehead atoms. The summed E-state index contributed by atoms with van der Waals surface area (Å²) < 4.78 is 6.84. The van der Waals surface area contributed by atoms with Crippen molar-refractivity contribution in [2.24, 2.45) is 0 Å². The van der Waals surface area contributed by atoms with E-state index in [1.807, 2.05) is 13.0 Å². The minimum Gasteiger partial charge on any atom is -0.361 e. The quantitative estimate of drug-likeness (QED) is 0.812. The molecule has 0 aliphatic carbocycles. The van der Waals surface area contributed by atoms with Crippen molar-refractivity contribution in [3.63, 3.8) is 0 Å². The molecule has 0 atom stereocenters. The van der Waals surface area contributed by atoms with E-state index < -0.39 is 0 Å². The Labute approximate surface area is 122 Å². The number of nitrogens with zero attached hydrogens (tertiary/aromatic N) is 5. The predicted molar refractivity (Wildman–Crippen MR) is 76.4 cm³/mol. The van der Waals surface area contributed by atoms with Gasteiger partial charge in [-0.25, -0.2) is 4.68 Å². The van der Waals surface area contributed by atoms with Crippen LogP contribution in [0.25, 0.3) is 0 Å². The second-order valence-corrected chi connectivity index (χ2v) is 6.52. The van der Waals surface area contributed by atoms with Crippen LogP contribution in [-0.2, 0) is 12.3 Å². The Balaban J connectivity index is 1.85. The summed E-state index contributed by atoms with van der Waals surface area (Å²) in [6, 6.07) is 1.92. The predicted octanol–water partition coefficient (Wildman–Crippen LogP) is 1.65. The molecular weight excluding hydrogens is 276 g/mol. The number of hydrogen-bond donors (Lipinski definition) is 1. The van der Waals surface area contributed by atoms with Crippen LogP contribution >= 0.6 is 11.8 Å². The van der Waals surface area contributed by atoms with Crippen LogP contribution in [0.4, 0.5) is 0 Å². The Hall–Kier alpha value is -1.41. The van der Waals surface area contributed by atoms with Gasteiger partial charge in [-0.15, -0.1) is 5.10 Å². The number of tetrazole rings is 1. The monoisotopic (exact) mass is 296 g/mol. The van der Waals surface area contributed by atoms with E-state index in [1.165, 1.54) is 0 Å². The normalized spacial score (nSPS) is 12.0. The molecule has 0 fully saturated rings. The molecule has 7 nitrogen and oxygen atoms in total. The first-order valence-corrected chi connectivity index (χ1v) is 7.49. The Morgan fingerprint density at radius 2 is 2.20 bits per heavy atom. The van der Waals surface area contributed by atoms with Gasteiger partial charge in [0.1, 0.15) is 5.76 Å². The van der Waals surface area contributed by atoms with Gasteiger partial charge in [0.2, 0.25) is 5.16 Å². The maximum atomic E-state index is 5.04. The molecule has 0 aliphatic rings. The minimum atomic E-state index is 0.0968. The molecule has 0 radical (unpaired) electrons. The average Bonchev–Trinajstić information content (AvgIpc) is 2.94. The maximum Gasteiger partial charge on any atom is 0.209 e. The highest BCUT2D eigenvalue weighted by Gasteiger charge is 2.11. The fourth-order valence-electron chi connectivity index (χ4n) is 1.60. The molecule has 2 aromatic rings. The van der Waals surface area contributed by atoms with Crippen molar-refractivity contribution in [3.8, 4) is 0 Å². The molecule has 2 heterocycles. The van der Waals surface area contributed by atoms with Crippen molar-refractivity contribution in [1.82, 2.24) is 30.7 Å². The zero-order valence-corrected chi connectivity index (χ0v) is 13.1. The molecule has 110 valence electrons. The van der Waals surface area contributed by atoms with E-state index in [1.54, 1.807) is 16.4 Å². The number of nitrogens with one attached hydrogen (secondary N) is 1. The van der Waals surface area contributed by atoms with Gasteiger partial charge in [0.05, 0.1) is 12.2 Å². The molecule has 0 unspecified atom stereocenters. The third-order valence-electron chi connectivity index (χ3n) is 2.50. The topological polar surface area (TPSA) is 81.7 Å². The summed E-state index contributed by atoms with van der Waals surface area (Å²) in [6.07, 6.45) is 0. The summed E-state index contributed by atoms with van der Waals surface area (Å²) in [6.45, 7) is 9.85. The lowest BCUT2D eigenvalue weighted by Gasteiger charge is -2.20. The standard InChI is InChI=1S/C12H20N6OS/c1-9-7-10(15-19-9)8-20-11-14-16-17-18(11)6-5-13-12(2,3)4/h7,13H,5-6,8H2,1-4H3. The largest absolute Gasteiger partial charge is 0.361 e. The van der Waals surface area contributed by atoms with Crippen LogP contribution in [0.2, 0.25) is 0 Å². The van der Waals surface area contributed by atoms with Crippen LogP contribution in [0, 0.1) is 6.92 Å². The lowest BCUT2D eigenvalue weighted by molar-refractivity contribution is 0.392. The fraction of sp³-hybridized carbons (Fsp3) is 0.667. The van der Waals surface area contributed by atoms with Crippen molar-refractivity contribution < 1.29 is 4.52 Å². The van der Waals surface area contributed by atoms with E-state index in [4.69, 9.17) is 4.52 Å². The van der Waals surface area contributed by atoms with Gasteiger partial charge in [0.15, 0.2) is 0 Å². The van der Waals surface area contributed by atoms with E-state index in [9.17, 15) is 0 Å². The van der Waals surface area contributed by atoms with E-state index in [0.717, 1.165) is 29.7 Å². The summed E-state index contributed by atoms with van der Waals surface area (Å²) in [5.41, 5.74) is 0.995. The van der Waals surface area contributed by atoms with Gasteiger partial charge < -0.3 is 9.84 Å². The first-order chi connectivity index (χ1) is 9.44. The summed E-state index contributed by atoms with van der Waals surface area (Å²) in [5.74, 6) is 1.51. The van der Waals surface area contributed by atoms with Gasteiger partial charge in [-0.05, 0) is 38.1 Å². The molecule has 2 rings (SSSR count). The Kier molecular flexibility index (Phi) is 4.77. The van der Waals surface area contributed by atoms with E-state index in [-0.39, 0.29) is 5.54 Å². The number of rotatable bonds is 6. The van der Waals surface area contributed by atoms with Crippen LogP contribution in [0.15, 0.2) is 15.7 Å². The first-order valence-electron chi connectivity index (χ1n) is 6.50. The van der Waals surface area contributed by atoms with Crippen molar-refractivity contribution in [2.75, 3.05) is 6.54 Å². The highest BCUT2D eigenvalue weighted by atomic mass is 32.2. The zero-order valence-electron chi connectivity index (χ0n) is 12.3. The molecule has 0 saturated carbocycles. The third-order valence-corrected chi connectivity index (χ3v) is 3.49. The highest BCUT2D eigenvalue weighted by Crippen LogP contribution is 2.19. The third kappa shape index (κ3) is 4.61. The molecule has 0 aliphatic heterocycles. The van der Waals surface area contributed by atoms with Gasteiger partial charge in [0, 0.05) is 23.9 Å². The molecule has 1 N–H and O–H groups in total. The van der Waals surface area contributed by atoms with Crippen molar-refractivity contribution in [2.45, 2.75) is 50.7 Å². The van der Waals surface area contributed by atoms with Crippen LogP contribution in [0.3, 0.4) is 0 Å². The van der Waals surface area contributed by atoms with Gasteiger partial charge in [-0.1, -0.05) is 16.9 Å². The van der Waals surface area contributed by atoms with Crippen LogP contribution in [-0.4, -0.2) is 37.4 Å². The Morgan fingerprint density at radius 1 is 1.40 bits per heavy atom. The van der Waals surface area contributed by atoms with Crippen molar-refractivity contribution in [1.29, 1.82) is 0 Å². The summed E-state index contributed by atoms with van der Waals surface area (Å²) in [4.78, 5) is 0. The van der Waals surface area contributed by atoms with E-state index in [0.29, 0.717) is 5.75 Å². The van der Waals surface area contributed by atoms with E-state index >= 15 is 0 Å². The van der Waals surface area contributed by atoms with Gasteiger partial charge in [-0.2, -0.15) is 0 Å². The van der Waals surface area contributed by atoms with Gasteiger partial charge in [0.25, 0.3) is 0 Å². The molecular formula is C12H20N6OS. The highest BCUT2D eigenvalue weighted by molar-refractivity contribution is 7.98. The molecule has 8 heteroatoms. The fourth-order valence-corrected chi connectivity index (χ4v) is 2.39. The number of aryl methyl sites for hydroxylation is 1. The summed E-state index contributed by atoms with van der Waals surface area (Å²) >= 11 is 1.55. The second kappa shape index (κ2) is 6.36. The smallest absolute Gasteiger partial charge is 0.209 e. The molecule has 0 amide bonds. The number of thioether (sulfide) groups is 1. The van der Waals surface area contributed by atoms with Gasteiger partial charge in [-0.3, -0.25) is 0 Å². The van der Waals surface area contributed by atoms with Crippen molar-refractivity contribution >= 4 is 11.8 Å². The van der Waals surface area contributed by atoms with Gasteiger partial charge >= 0.3 is 0 Å². The number of hydrogen-bond acceptors (Lipinski definition) is 7. The number of aromatic nitrogens is 5.